The molecule has 0 aliphatic carbocycles. The third kappa shape index (κ3) is 19.6. The number of aliphatic carboxylic acids is 1. The van der Waals surface area contributed by atoms with Gasteiger partial charge in [-0.15, -0.1) is 16.9 Å². The molecule has 1 aromatic heterocycles. The predicted octanol–water partition coefficient (Wildman–Crippen LogP) is 1.46. The number of halogens is 5. The van der Waals surface area contributed by atoms with Crippen molar-refractivity contribution in [1.29, 1.82) is 0 Å². The Hall–Kier alpha value is -5.76. The molecule has 424 valence electrons. The van der Waals surface area contributed by atoms with Crippen LogP contribution in [-0.2, 0) is 71.9 Å². The lowest BCUT2D eigenvalue weighted by Gasteiger charge is -2.46. The van der Waals surface area contributed by atoms with E-state index in [-0.39, 0.29) is 84.8 Å². The van der Waals surface area contributed by atoms with Gasteiger partial charge < -0.3 is 74.1 Å². The van der Waals surface area contributed by atoms with Gasteiger partial charge in [-0.1, -0.05) is 59.8 Å². The molecule has 1 aliphatic heterocycles. The summed E-state index contributed by atoms with van der Waals surface area (Å²) in [5.74, 6) is -17.3. The van der Waals surface area contributed by atoms with E-state index in [1.807, 2.05) is 42.5 Å². The highest BCUT2D eigenvalue weighted by molar-refractivity contribution is 8.01. The first-order chi connectivity index (χ1) is 37.0. The fourth-order valence-electron chi connectivity index (χ4n) is 7.29. The first-order valence-corrected chi connectivity index (χ1v) is 25.0. The fourth-order valence-corrected chi connectivity index (χ4v) is 8.41. The van der Waals surface area contributed by atoms with Crippen LogP contribution in [0.2, 0.25) is 0 Å². The zero-order chi connectivity index (χ0) is 55.7. The van der Waals surface area contributed by atoms with E-state index in [0.717, 1.165) is 22.9 Å². The van der Waals surface area contributed by atoms with Gasteiger partial charge in [-0.3, -0.25) is 14.4 Å². The van der Waals surface area contributed by atoms with Gasteiger partial charge in [-0.2, -0.15) is 8.78 Å². The van der Waals surface area contributed by atoms with Crippen molar-refractivity contribution in [3.8, 4) is 16.9 Å². The van der Waals surface area contributed by atoms with E-state index in [2.05, 4.69) is 25.7 Å². The molecule has 2 heterocycles. The summed E-state index contributed by atoms with van der Waals surface area (Å²) in [6, 6.07) is 15.5. The number of carbonyl (C=O) groups excluding carboxylic acids is 3. The summed E-state index contributed by atoms with van der Waals surface area (Å²) in [5, 5.41) is 66.0. The Labute approximate surface area is 442 Å². The Morgan fingerprint density at radius 1 is 0.753 bits per heavy atom. The molecule has 1 fully saturated rings. The molecule has 3 aromatic carbocycles. The van der Waals surface area contributed by atoms with E-state index in [1.165, 1.54) is 0 Å². The molecule has 5 rings (SSSR count). The lowest BCUT2D eigenvalue weighted by Crippen LogP contribution is -2.67. The highest BCUT2D eigenvalue weighted by Crippen LogP contribution is 2.40. The Kier molecular flexibility index (Phi) is 26.0. The molecule has 1 aliphatic rings. The van der Waals surface area contributed by atoms with Crippen LogP contribution in [0.25, 0.3) is 11.1 Å². The molecule has 0 saturated carbocycles. The van der Waals surface area contributed by atoms with E-state index >= 15 is 0 Å². The Balaban J connectivity index is 0.899. The number of hydrogen-bond acceptors (Lipinski definition) is 19. The fraction of sp³-hybridized carbons (Fsp3) is 0.510. The minimum Gasteiger partial charge on any atom is -0.478 e. The smallest absolute Gasteiger partial charge is 0.346 e. The summed E-state index contributed by atoms with van der Waals surface area (Å²) in [5.41, 5.74) is 3.17. The van der Waals surface area contributed by atoms with Gasteiger partial charge in [0.25, 0.3) is 0 Å². The molecule has 28 heteroatoms. The van der Waals surface area contributed by atoms with Crippen LogP contribution >= 0.6 is 11.8 Å². The Morgan fingerprint density at radius 3 is 1.95 bits per heavy atom. The summed E-state index contributed by atoms with van der Waals surface area (Å²) in [6.07, 6.45) is -6.47. The number of carboxylic acid groups (broad SMARTS) is 1. The third-order valence-electron chi connectivity index (χ3n) is 11.2. The second-order valence-electron chi connectivity index (χ2n) is 16.8. The number of amides is 2. The number of nitrogens with one attached hydrogen (secondary N) is 2. The number of ether oxygens (including phenoxy) is 8. The Bertz CT molecular complexity index is 2460. The normalized spacial score (nSPS) is 18.2. The second-order valence-corrected chi connectivity index (χ2v) is 18.2. The number of esters is 1. The Morgan fingerprint density at radius 2 is 1.32 bits per heavy atom. The van der Waals surface area contributed by atoms with E-state index in [0.29, 0.717) is 24.4 Å². The standard InChI is InChI=1S/C49H60F5N5O17S/c50-39-40(51)42(53)46(43(54)41(39)52)75-38(65)10-12-69-14-16-71-18-19-72-17-15-70-13-11-59-27-33(57-58-59)29-74-21-20-73-22-23-77-49(48(67)68)25-34(61)44(56-37(64)28-60)47(76-49)45(66)35(62)26-55-36(63)24-30-6-8-32(9-7-30)31-4-2-1-3-5-31/h1-9,27,34-35,44-45,47,60-62,66H,10-26,28-29H2,(H,55,63)(H,56,64)(H,67,68)/t34-,35+,44+,45+,47+,49+/m0/s1. The number of nitrogens with zero attached hydrogens (tertiary/aromatic N) is 3. The van der Waals surface area contributed by atoms with E-state index in [9.17, 15) is 66.7 Å². The van der Waals surface area contributed by atoms with Crippen LogP contribution in [0, 0.1) is 29.1 Å². The zero-order valence-corrected chi connectivity index (χ0v) is 42.2. The minimum absolute atomic E-state index is 0.0111. The van der Waals surface area contributed by atoms with Gasteiger partial charge in [0, 0.05) is 18.7 Å². The van der Waals surface area contributed by atoms with Crippen molar-refractivity contribution in [2.45, 2.75) is 67.8 Å². The van der Waals surface area contributed by atoms with E-state index in [1.54, 1.807) is 23.0 Å². The van der Waals surface area contributed by atoms with Gasteiger partial charge in [0.15, 0.2) is 0 Å². The molecular formula is C49H60F5N5O17S. The minimum atomic E-state index is -2.38. The highest BCUT2D eigenvalue weighted by Gasteiger charge is 2.55. The maximum Gasteiger partial charge on any atom is 0.346 e. The lowest BCUT2D eigenvalue weighted by molar-refractivity contribution is -0.203. The van der Waals surface area contributed by atoms with Crippen molar-refractivity contribution in [2.75, 3.05) is 91.6 Å². The van der Waals surface area contributed by atoms with E-state index in [4.69, 9.17) is 33.2 Å². The molecule has 7 N–H and O–H groups in total. The molecule has 2 amide bonds. The number of benzene rings is 3. The summed E-state index contributed by atoms with van der Waals surface area (Å²) >= 11 is 0.756. The summed E-state index contributed by atoms with van der Waals surface area (Å²) in [4.78, 5) is 47.3. The number of carbonyl (C=O) groups is 4. The second kappa shape index (κ2) is 32.2. The molecule has 1 saturated heterocycles. The highest BCUT2D eigenvalue weighted by atomic mass is 32.2. The van der Waals surface area contributed by atoms with Crippen LogP contribution in [0.3, 0.4) is 0 Å². The summed E-state index contributed by atoms with van der Waals surface area (Å²) in [7, 11) is 0. The van der Waals surface area contributed by atoms with Gasteiger partial charge >= 0.3 is 11.9 Å². The number of rotatable bonds is 35. The van der Waals surface area contributed by atoms with E-state index < -0.39 is 120 Å². The van der Waals surface area contributed by atoms with Crippen LogP contribution in [0.15, 0.2) is 60.8 Å². The molecular weight excluding hydrogens is 1060 g/mol. The third-order valence-corrected chi connectivity index (χ3v) is 12.5. The van der Waals surface area contributed by atoms with Crippen molar-refractivity contribution >= 4 is 35.5 Å². The van der Waals surface area contributed by atoms with Crippen LogP contribution in [-0.4, -0.2) is 191 Å². The van der Waals surface area contributed by atoms with Gasteiger partial charge in [0.2, 0.25) is 51.6 Å². The maximum absolute atomic E-state index is 13.6. The van der Waals surface area contributed by atoms with Crippen LogP contribution in [0.4, 0.5) is 22.0 Å². The molecule has 6 atom stereocenters. The number of carboxylic acids is 1. The number of thioether (sulfide) groups is 1. The average molecular weight is 1120 g/mol. The lowest BCUT2D eigenvalue weighted by atomic mass is 9.89. The molecule has 4 aromatic rings. The molecule has 0 bridgehead atoms. The van der Waals surface area contributed by atoms with Gasteiger partial charge in [-0.05, 0) is 16.7 Å². The number of aliphatic hydroxyl groups is 4. The van der Waals surface area contributed by atoms with Gasteiger partial charge in [0.1, 0.15) is 24.5 Å². The topological polar surface area (TPSA) is 298 Å². The van der Waals surface area contributed by atoms with Crippen molar-refractivity contribution in [2.24, 2.45) is 0 Å². The number of hydrogen-bond donors (Lipinski definition) is 7. The first-order valence-electron chi connectivity index (χ1n) is 24.0. The van der Waals surface area contributed by atoms with Crippen molar-refractivity contribution in [1.82, 2.24) is 25.6 Å². The number of aromatic nitrogens is 3. The molecule has 22 nitrogen and oxygen atoms in total. The van der Waals surface area contributed by atoms with Gasteiger partial charge in [0.05, 0.1) is 123 Å². The predicted molar refractivity (Wildman–Crippen MR) is 258 cm³/mol. The van der Waals surface area contributed by atoms with Crippen molar-refractivity contribution < 1.29 is 105 Å². The van der Waals surface area contributed by atoms with Gasteiger partial charge in [-0.25, -0.2) is 22.6 Å². The molecule has 77 heavy (non-hydrogen) atoms. The SMILES string of the molecule is O=C(Cc1ccc(-c2ccccc2)cc1)NC[C@@H](O)[C@@H](O)[C@@H]1O[C@](SCCOCCOCc2cn(CCOCCOCCOCCOCCC(=O)Oc3c(F)c(F)c(F)c(F)c3F)nn2)(C(=O)O)C[C@H](O)[C@H]1NC(=O)CO. The summed E-state index contributed by atoms with van der Waals surface area (Å²) < 4.78 is 111. The average Bonchev–Trinajstić information content (AvgIpc) is 3.90. The van der Waals surface area contributed by atoms with Crippen LogP contribution in [0.5, 0.6) is 5.75 Å². The monoisotopic (exact) mass is 1120 g/mol. The summed E-state index contributed by atoms with van der Waals surface area (Å²) in [6.45, 7) is 0.388. The van der Waals surface area contributed by atoms with Crippen molar-refractivity contribution in [3.05, 3.63) is 101 Å². The first kappa shape index (κ1) is 62.1. The quantitative estimate of drug-likeness (QED) is 0.00857. The van der Waals surface area contributed by atoms with Crippen LogP contribution < -0.4 is 15.4 Å². The number of aliphatic hydroxyl groups excluding tert-OH is 4. The largest absolute Gasteiger partial charge is 0.478 e. The maximum atomic E-state index is 13.6. The molecule has 0 radical (unpaired) electrons. The van der Waals surface area contributed by atoms with Crippen molar-refractivity contribution in [3.63, 3.8) is 0 Å². The zero-order valence-electron chi connectivity index (χ0n) is 41.4. The molecule has 0 spiro atoms. The molecule has 0 unspecified atom stereocenters. The van der Waals surface area contributed by atoms with Crippen LogP contribution in [0.1, 0.15) is 24.1 Å².